The van der Waals surface area contributed by atoms with Crippen molar-refractivity contribution in [3.63, 3.8) is 0 Å². The molecule has 2 nitrogen and oxygen atoms in total. The summed E-state index contributed by atoms with van der Waals surface area (Å²) in [6.45, 7) is 13.7. The van der Waals surface area contributed by atoms with E-state index >= 15 is 0 Å². The molecule has 2 heteroatoms. The molecule has 0 N–H and O–H groups in total. The van der Waals surface area contributed by atoms with Crippen LogP contribution in [0, 0.1) is 0 Å². The smallest absolute Gasteiger partial charge is 0.0634 e. The Morgan fingerprint density at radius 1 is 0.281 bits per heavy atom. The van der Waals surface area contributed by atoms with Crippen molar-refractivity contribution in [1.82, 2.24) is 8.80 Å². The third-order valence-corrected chi connectivity index (χ3v) is 14.3. The number of hydrogen-bond donors (Lipinski definition) is 0. The van der Waals surface area contributed by atoms with Crippen molar-refractivity contribution >= 4 is 76.2 Å². The molecule has 306 valence electrons. The molecule has 0 saturated heterocycles. The lowest BCUT2D eigenvalue weighted by atomic mass is 9.85. The van der Waals surface area contributed by atoms with Crippen LogP contribution in [0.1, 0.15) is 52.7 Å². The van der Waals surface area contributed by atoms with Gasteiger partial charge in [-0.1, -0.05) is 211 Å². The molecule has 0 aliphatic carbocycles. The van der Waals surface area contributed by atoms with Crippen LogP contribution in [0.15, 0.2) is 182 Å². The standard InChI is InChI=1S/C62H48N2/c1-61(2,3)41-29-25-37(26-30-41)43-33-35-47-55-51(39-17-9-7-10-18-39)60-56(52(40-19-11-8-12-20-40)59(55)63-49-23-15-13-21-45(49)53(43)57(47)63)48-36-34-44(38-27-31-42(32-28-38)62(4,5)6)54-46-22-14-16-24-50(46)64(60)58(48)54/h7-36H,1-6H3. The SMILES string of the molecule is CC(C)(C)c1ccc(-c2ccc3c4c(-c5ccccc5)c5c(c(-c6ccccc6)c4n4c6ccccc6c2c34)c2ccc(-c3ccc(C(C)(C)C)cc3)c3c4ccccc4n5c23)cc1. The Balaban J connectivity index is 1.27. The van der Waals surface area contributed by atoms with E-state index in [-0.39, 0.29) is 10.8 Å². The maximum atomic E-state index is 2.63. The first-order valence-electron chi connectivity index (χ1n) is 22.8. The van der Waals surface area contributed by atoms with E-state index < -0.39 is 0 Å². The van der Waals surface area contributed by atoms with Gasteiger partial charge in [-0.25, -0.2) is 0 Å². The van der Waals surface area contributed by atoms with Crippen molar-refractivity contribution in [2.45, 2.75) is 52.4 Å². The summed E-state index contributed by atoms with van der Waals surface area (Å²) in [4.78, 5) is 0. The second kappa shape index (κ2) is 13.1. The molecule has 0 bridgehead atoms. The Kier molecular flexibility index (Phi) is 7.59. The zero-order valence-electron chi connectivity index (χ0n) is 37.2. The monoisotopic (exact) mass is 820 g/mol. The van der Waals surface area contributed by atoms with Gasteiger partial charge in [0.2, 0.25) is 0 Å². The zero-order valence-corrected chi connectivity index (χ0v) is 37.2. The molecule has 0 amide bonds. The Bertz CT molecular complexity index is 3700. The number of benzene rings is 9. The van der Waals surface area contributed by atoms with E-state index in [2.05, 4.69) is 232 Å². The first-order valence-corrected chi connectivity index (χ1v) is 22.8. The van der Waals surface area contributed by atoms with Crippen LogP contribution in [0.5, 0.6) is 0 Å². The first kappa shape index (κ1) is 37.2. The molecule has 4 aromatic heterocycles. The van der Waals surface area contributed by atoms with Gasteiger partial charge in [-0.3, -0.25) is 0 Å². The van der Waals surface area contributed by atoms with Crippen LogP contribution in [0.3, 0.4) is 0 Å². The quantitative estimate of drug-likeness (QED) is 0.167. The minimum absolute atomic E-state index is 0.0783. The molecule has 0 aliphatic heterocycles. The van der Waals surface area contributed by atoms with Gasteiger partial charge in [0, 0.05) is 54.2 Å². The number of fused-ring (bicyclic) bond motifs is 12. The fourth-order valence-electron chi connectivity index (χ4n) is 11.3. The fraction of sp³-hybridized carbons (Fsp3) is 0.129. The molecule has 9 aromatic carbocycles. The predicted molar refractivity (Wildman–Crippen MR) is 275 cm³/mol. The van der Waals surface area contributed by atoms with E-state index in [0.29, 0.717) is 0 Å². The van der Waals surface area contributed by atoms with Gasteiger partial charge in [0.15, 0.2) is 0 Å². The predicted octanol–water partition coefficient (Wildman–Crippen LogP) is 17.2. The molecule has 0 spiro atoms. The van der Waals surface area contributed by atoms with Crippen molar-refractivity contribution in [3.05, 3.63) is 193 Å². The second-order valence-corrected chi connectivity index (χ2v) is 20.1. The lowest BCUT2D eigenvalue weighted by Gasteiger charge is -2.19. The Morgan fingerprint density at radius 3 is 1.02 bits per heavy atom. The van der Waals surface area contributed by atoms with Crippen LogP contribution in [0.25, 0.3) is 121 Å². The molecule has 0 aliphatic rings. The molecule has 0 atom stereocenters. The maximum absolute atomic E-state index is 2.63. The number of aromatic nitrogens is 2. The molecule has 13 aromatic rings. The zero-order chi connectivity index (χ0) is 43.2. The maximum Gasteiger partial charge on any atom is 0.0634 e. The molecule has 0 fully saturated rings. The highest BCUT2D eigenvalue weighted by atomic mass is 14.9. The summed E-state index contributed by atoms with van der Waals surface area (Å²) in [5.41, 5.74) is 20.4. The van der Waals surface area contributed by atoms with Crippen molar-refractivity contribution in [2.75, 3.05) is 0 Å². The Hall–Kier alpha value is -7.42. The van der Waals surface area contributed by atoms with Crippen LogP contribution in [-0.2, 0) is 10.8 Å². The molecule has 0 radical (unpaired) electrons. The average Bonchev–Trinajstić information content (AvgIpc) is 4.05. The van der Waals surface area contributed by atoms with E-state index in [0.717, 1.165) is 0 Å². The van der Waals surface area contributed by atoms with Crippen molar-refractivity contribution in [3.8, 4) is 44.5 Å². The summed E-state index contributed by atoms with van der Waals surface area (Å²) in [5, 5.41) is 10.3. The highest BCUT2D eigenvalue weighted by Gasteiger charge is 2.32. The van der Waals surface area contributed by atoms with Gasteiger partial charge in [-0.15, -0.1) is 0 Å². The molecular formula is C62H48N2. The van der Waals surface area contributed by atoms with Crippen LogP contribution < -0.4 is 0 Å². The van der Waals surface area contributed by atoms with Gasteiger partial charge in [-0.2, -0.15) is 0 Å². The Labute approximate surface area is 373 Å². The highest BCUT2D eigenvalue weighted by molar-refractivity contribution is 6.39. The topological polar surface area (TPSA) is 8.82 Å². The van der Waals surface area contributed by atoms with Gasteiger partial charge >= 0.3 is 0 Å². The summed E-state index contributed by atoms with van der Waals surface area (Å²) < 4.78 is 5.26. The molecule has 13 rings (SSSR count). The van der Waals surface area contributed by atoms with Crippen LogP contribution in [0.2, 0.25) is 0 Å². The lowest BCUT2D eigenvalue weighted by molar-refractivity contribution is 0.590. The summed E-state index contributed by atoms with van der Waals surface area (Å²) in [6.07, 6.45) is 0. The number of rotatable bonds is 4. The van der Waals surface area contributed by atoms with E-state index in [1.54, 1.807) is 0 Å². The van der Waals surface area contributed by atoms with Gasteiger partial charge < -0.3 is 8.80 Å². The van der Waals surface area contributed by atoms with Gasteiger partial charge in [0.25, 0.3) is 0 Å². The van der Waals surface area contributed by atoms with Crippen LogP contribution in [-0.4, -0.2) is 8.80 Å². The highest BCUT2D eigenvalue weighted by Crippen LogP contribution is 2.55. The van der Waals surface area contributed by atoms with Gasteiger partial charge in [0.1, 0.15) is 0 Å². The minimum atomic E-state index is 0.0783. The number of hydrogen-bond acceptors (Lipinski definition) is 0. The van der Waals surface area contributed by atoms with Crippen LogP contribution >= 0.6 is 0 Å². The third-order valence-electron chi connectivity index (χ3n) is 14.3. The molecule has 4 heterocycles. The van der Waals surface area contributed by atoms with E-state index in [1.807, 2.05) is 0 Å². The largest absolute Gasteiger partial charge is 0.307 e. The summed E-state index contributed by atoms with van der Waals surface area (Å²) in [7, 11) is 0. The van der Waals surface area contributed by atoms with Gasteiger partial charge in [0.05, 0.1) is 33.1 Å². The second-order valence-electron chi connectivity index (χ2n) is 20.1. The van der Waals surface area contributed by atoms with Crippen LogP contribution in [0.4, 0.5) is 0 Å². The summed E-state index contributed by atoms with van der Waals surface area (Å²) >= 11 is 0. The molecule has 0 unspecified atom stereocenters. The van der Waals surface area contributed by atoms with Crippen molar-refractivity contribution in [2.24, 2.45) is 0 Å². The normalized spacial score (nSPS) is 12.8. The van der Waals surface area contributed by atoms with Crippen molar-refractivity contribution < 1.29 is 0 Å². The summed E-state index contributed by atoms with van der Waals surface area (Å²) in [5.74, 6) is 0. The molecule has 64 heavy (non-hydrogen) atoms. The summed E-state index contributed by atoms with van der Waals surface area (Å²) in [6, 6.07) is 68.8. The third kappa shape index (κ3) is 5.03. The number of nitrogens with zero attached hydrogens (tertiary/aromatic N) is 2. The minimum Gasteiger partial charge on any atom is -0.307 e. The van der Waals surface area contributed by atoms with E-state index in [4.69, 9.17) is 0 Å². The fourth-order valence-corrected chi connectivity index (χ4v) is 11.3. The van der Waals surface area contributed by atoms with E-state index in [9.17, 15) is 0 Å². The number of para-hydroxylation sites is 2. The first-order chi connectivity index (χ1) is 31.1. The molecule has 0 saturated carbocycles. The van der Waals surface area contributed by atoms with Crippen molar-refractivity contribution in [1.29, 1.82) is 0 Å². The molecular weight excluding hydrogens is 773 g/mol. The van der Waals surface area contributed by atoms with Gasteiger partial charge in [-0.05, 0) is 67.5 Å². The Morgan fingerprint density at radius 2 is 0.641 bits per heavy atom. The average molecular weight is 821 g/mol. The van der Waals surface area contributed by atoms with E-state index in [1.165, 1.54) is 132 Å². The lowest BCUT2D eigenvalue weighted by Crippen LogP contribution is -2.10.